The fourth-order valence-corrected chi connectivity index (χ4v) is 1.26. The zero-order chi connectivity index (χ0) is 9.84. The molecule has 5 heteroatoms. The number of amides is 1. The predicted molar refractivity (Wildman–Crippen MR) is 49.3 cm³/mol. The van der Waals surface area contributed by atoms with E-state index < -0.39 is 6.10 Å². The van der Waals surface area contributed by atoms with E-state index in [0.29, 0.717) is 13.1 Å². The fraction of sp³-hybridized carbons (Fsp3) is 0.750. The van der Waals surface area contributed by atoms with E-state index in [-0.39, 0.29) is 18.4 Å². The van der Waals surface area contributed by atoms with Gasteiger partial charge in [0.05, 0.1) is 24.9 Å². The molecule has 1 fully saturated rings. The molecule has 1 aliphatic heterocycles. The summed E-state index contributed by atoms with van der Waals surface area (Å²) in [7, 11) is 0. The lowest BCUT2D eigenvalue weighted by Gasteiger charge is -2.37. The minimum absolute atomic E-state index is 0.0153. The van der Waals surface area contributed by atoms with Crippen molar-refractivity contribution in [2.75, 3.05) is 13.1 Å². The lowest BCUT2D eigenvalue weighted by molar-refractivity contribution is -0.137. The van der Waals surface area contributed by atoms with Crippen LogP contribution in [0.25, 0.3) is 0 Å². The number of aliphatic hydroxyl groups excluding tert-OH is 1. The Kier molecular flexibility index (Phi) is 3.25. The molecule has 0 saturated carbocycles. The van der Waals surface area contributed by atoms with Crippen LogP contribution in [0, 0.1) is 0 Å². The second-order valence-electron chi connectivity index (χ2n) is 3.30. The Morgan fingerprint density at radius 3 is 2.92 bits per heavy atom. The SMILES string of the molecule is CC(O)CC(=O)N1CC(N=CN)C1. The number of aliphatic imine (C=N–C) groups is 1. The summed E-state index contributed by atoms with van der Waals surface area (Å²) in [6.45, 7) is 2.85. The van der Waals surface area contributed by atoms with Gasteiger partial charge in [0.2, 0.25) is 5.91 Å². The van der Waals surface area contributed by atoms with Crippen LogP contribution in [0.5, 0.6) is 0 Å². The molecule has 5 nitrogen and oxygen atoms in total. The Balaban J connectivity index is 2.23. The van der Waals surface area contributed by atoms with Crippen LogP contribution in [-0.2, 0) is 4.79 Å². The van der Waals surface area contributed by atoms with Gasteiger partial charge in [0.1, 0.15) is 0 Å². The first kappa shape index (κ1) is 9.98. The van der Waals surface area contributed by atoms with Gasteiger partial charge >= 0.3 is 0 Å². The average molecular weight is 185 g/mol. The lowest BCUT2D eigenvalue weighted by Crippen LogP contribution is -2.53. The van der Waals surface area contributed by atoms with Gasteiger partial charge in [-0.05, 0) is 6.92 Å². The Hall–Kier alpha value is -1.10. The van der Waals surface area contributed by atoms with Crippen LogP contribution in [0.4, 0.5) is 0 Å². The molecular weight excluding hydrogens is 170 g/mol. The Bertz CT molecular complexity index is 209. The molecule has 1 atom stereocenters. The summed E-state index contributed by atoms with van der Waals surface area (Å²) in [5, 5.41) is 8.96. The number of hydrogen-bond donors (Lipinski definition) is 2. The number of hydrogen-bond acceptors (Lipinski definition) is 3. The molecule has 1 unspecified atom stereocenters. The van der Waals surface area contributed by atoms with Crippen molar-refractivity contribution >= 4 is 12.2 Å². The summed E-state index contributed by atoms with van der Waals surface area (Å²) >= 11 is 0. The van der Waals surface area contributed by atoms with Crippen molar-refractivity contribution in [3.8, 4) is 0 Å². The zero-order valence-corrected chi connectivity index (χ0v) is 7.68. The molecule has 1 heterocycles. The Morgan fingerprint density at radius 1 is 1.85 bits per heavy atom. The van der Waals surface area contributed by atoms with E-state index in [1.54, 1.807) is 11.8 Å². The predicted octanol–water partition coefficient (Wildman–Crippen LogP) is -1.04. The van der Waals surface area contributed by atoms with Crippen LogP contribution in [0.1, 0.15) is 13.3 Å². The summed E-state index contributed by atoms with van der Waals surface area (Å²) in [5.74, 6) is -0.0153. The van der Waals surface area contributed by atoms with Crippen LogP contribution in [-0.4, -0.2) is 47.5 Å². The highest BCUT2D eigenvalue weighted by Gasteiger charge is 2.29. The van der Waals surface area contributed by atoms with Gasteiger partial charge in [-0.25, -0.2) is 0 Å². The molecule has 1 saturated heterocycles. The van der Waals surface area contributed by atoms with Gasteiger partial charge in [0.15, 0.2) is 0 Å². The molecule has 74 valence electrons. The summed E-state index contributed by atoms with van der Waals surface area (Å²) in [6.07, 6.45) is 0.893. The topological polar surface area (TPSA) is 78.9 Å². The molecule has 1 aliphatic rings. The molecule has 0 aliphatic carbocycles. The van der Waals surface area contributed by atoms with Crippen molar-refractivity contribution < 1.29 is 9.90 Å². The first-order valence-electron chi connectivity index (χ1n) is 4.32. The second-order valence-corrected chi connectivity index (χ2v) is 3.30. The molecular formula is C8H15N3O2. The Morgan fingerprint density at radius 2 is 2.46 bits per heavy atom. The Labute approximate surface area is 77.2 Å². The van der Waals surface area contributed by atoms with E-state index >= 15 is 0 Å². The number of carbonyl (C=O) groups is 1. The van der Waals surface area contributed by atoms with Crippen molar-refractivity contribution in [1.29, 1.82) is 0 Å². The zero-order valence-electron chi connectivity index (χ0n) is 7.68. The van der Waals surface area contributed by atoms with Crippen LogP contribution in [0.3, 0.4) is 0 Å². The third-order valence-electron chi connectivity index (χ3n) is 1.98. The molecule has 0 aromatic heterocycles. The molecule has 0 bridgehead atoms. The van der Waals surface area contributed by atoms with E-state index in [9.17, 15) is 4.79 Å². The van der Waals surface area contributed by atoms with Crippen molar-refractivity contribution in [2.45, 2.75) is 25.5 Å². The maximum Gasteiger partial charge on any atom is 0.225 e. The number of nitrogens with zero attached hydrogens (tertiary/aromatic N) is 2. The quantitative estimate of drug-likeness (QED) is 0.435. The van der Waals surface area contributed by atoms with Crippen molar-refractivity contribution in [3.05, 3.63) is 0 Å². The van der Waals surface area contributed by atoms with Crippen molar-refractivity contribution in [2.24, 2.45) is 10.7 Å². The maximum absolute atomic E-state index is 11.3. The van der Waals surface area contributed by atoms with Gasteiger partial charge in [-0.3, -0.25) is 9.79 Å². The largest absolute Gasteiger partial charge is 0.393 e. The molecule has 0 spiro atoms. The van der Waals surface area contributed by atoms with Crippen LogP contribution < -0.4 is 5.73 Å². The standard InChI is InChI=1S/C8H15N3O2/c1-6(12)2-8(13)11-3-7(4-11)10-5-9/h5-7,12H,2-4H2,1H3,(H2,9,10). The molecule has 0 radical (unpaired) electrons. The normalized spacial score (nSPS) is 20.3. The van der Waals surface area contributed by atoms with Gasteiger partial charge in [0.25, 0.3) is 0 Å². The average Bonchev–Trinajstić information content (AvgIpc) is 1.93. The molecule has 0 aromatic carbocycles. The van der Waals surface area contributed by atoms with E-state index in [2.05, 4.69) is 4.99 Å². The van der Waals surface area contributed by atoms with Crippen LogP contribution >= 0.6 is 0 Å². The van der Waals surface area contributed by atoms with E-state index in [4.69, 9.17) is 10.8 Å². The van der Waals surface area contributed by atoms with Gasteiger partial charge in [-0.2, -0.15) is 0 Å². The molecule has 13 heavy (non-hydrogen) atoms. The fourth-order valence-electron chi connectivity index (χ4n) is 1.26. The number of aliphatic hydroxyl groups is 1. The first-order valence-corrected chi connectivity index (χ1v) is 4.32. The summed E-state index contributed by atoms with van der Waals surface area (Å²) in [4.78, 5) is 16.9. The van der Waals surface area contributed by atoms with E-state index in [1.165, 1.54) is 6.34 Å². The van der Waals surface area contributed by atoms with Crippen LogP contribution in [0.2, 0.25) is 0 Å². The monoisotopic (exact) mass is 185 g/mol. The number of nitrogens with two attached hydrogens (primary N) is 1. The smallest absolute Gasteiger partial charge is 0.225 e. The first-order chi connectivity index (χ1) is 6.13. The molecule has 1 rings (SSSR count). The number of likely N-dealkylation sites (tertiary alicyclic amines) is 1. The van der Waals surface area contributed by atoms with Gasteiger partial charge in [-0.1, -0.05) is 0 Å². The highest BCUT2D eigenvalue weighted by atomic mass is 16.3. The van der Waals surface area contributed by atoms with Gasteiger partial charge in [0, 0.05) is 13.1 Å². The molecule has 3 N–H and O–H groups in total. The highest BCUT2D eigenvalue weighted by molar-refractivity contribution is 5.77. The van der Waals surface area contributed by atoms with Gasteiger partial charge in [-0.15, -0.1) is 0 Å². The third-order valence-corrected chi connectivity index (χ3v) is 1.98. The summed E-state index contributed by atoms with van der Waals surface area (Å²) in [5.41, 5.74) is 5.11. The van der Waals surface area contributed by atoms with Crippen molar-refractivity contribution in [1.82, 2.24) is 4.90 Å². The van der Waals surface area contributed by atoms with Crippen LogP contribution in [0.15, 0.2) is 4.99 Å². The van der Waals surface area contributed by atoms with E-state index in [0.717, 1.165) is 0 Å². The number of carbonyl (C=O) groups excluding carboxylic acids is 1. The van der Waals surface area contributed by atoms with Crippen molar-refractivity contribution in [3.63, 3.8) is 0 Å². The summed E-state index contributed by atoms with van der Waals surface area (Å²) in [6, 6.07) is 0.156. The number of rotatable bonds is 3. The van der Waals surface area contributed by atoms with Gasteiger partial charge < -0.3 is 15.7 Å². The third kappa shape index (κ3) is 2.69. The lowest BCUT2D eigenvalue weighted by atomic mass is 10.1. The van der Waals surface area contributed by atoms with E-state index in [1.807, 2.05) is 0 Å². The minimum atomic E-state index is -0.565. The molecule has 0 aromatic rings. The summed E-state index contributed by atoms with van der Waals surface area (Å²) < 4.78 is 0. The minimum Gasteiger partial charge on any atom is -0.393 e. The maximum atomic E-state index is 11.3. The molecule has 1 amide bonds. The second kappa shape index (κ2) is 4.23. The highest BCUT2D eigenvalue weighted by Crippen LogP contribution is 2.12.